The average Bonchev–Trinajstić information content (AvgIpc) is 3.12. The maximum atomic E-state index is 13.5. The van der Waals surface area contributed by atoms with Crippen molar-refractivity contribution >= 4 is 16.9 Å². The van der Waals surface area contributed by atoms with Gasteiger partial charge in [-0.3, -0.25) is 4.79 Å². The summed E-state index contributed by atoms with van der Waals surface area (Å²) < 4.78 is 0. The second-order valence-corrected chi connectivity index (χ2v) is 9.26. The van der Waals surface area contributed by atoms with Crippen molar-refractivity contribution in [2.24, 2.45) is 5.41 Å². The maximum Gasteiger partial charge on any atom is 0.254 e. The number of likely N-dealkylation sites (tertiary alicyclic amines) is 1. The number of nitrogens with one attached hydrogen (secondary N) is 1. The van der Waals surface area contributed by atoms with Gasteiger partial charge in [-0.15, -0.1) is 0 Å². The van der Waals surface area contributed by atoms with Crippen molar-refractivity contribution in [1.82, 2.24) is 14.9 Å². The first-order chi connectivity index (χ1) is 13.3. The number of aromatic nitrogens is 2. The van der Waals surface area contributed by atoms with E-state index in [1.165, 1.54) is 16.7 Å². The highest BCUT2D eigenvalue weighted by Crippen LogP contribution is 2.56. The molecule has 0 unspecified atom stereocenters. The Labute approximate surface area is 166 Å². The van der Waals surface area contributed by atoms with Gasteiger partial charge >= 0.3 is 0 Å². The van der Waals surface area contributed by atoms with Crippen LogP contribution in [0, 0.1) is 12.3 Å². The number of H-pyrrole nitrogens is 1. The summed E-state index contributed by atoms with van der Waals surface area (Å²) in [5.74, 6) is 0.133. The van der Waals surface area contributed by atoms with Crippen molar-refractivity contribution < 1.29 is 4.79 Å². The number of fused-ring (bicyclic) bond motifs is 5. The van der Waals surface area contributed by atoms with Crippen LogP contribution in [0.3, 0.4) is 0 Å². The van der Waals surface area contributed by atoms with Crippen molar-refractivity contribution in [1.29, 1.82) is 0 Å². The SMILES string of the molecule is Cc1cccc2c1C[C@H]1N(C(=O)c3ccc4nc[nH]c4c3)CC[C@]2(C)C1(C)C. The van der Waals surface area contributed by atoms with E-state index in [9.17, 15) is 4.79 Å². The van der Waals surface area contributed by atoms with Crippen LogP contribution in [0.15, 0.2) is 42.7 Å². The van der Waals surface area contributed by atoms with Crippen molar-refractivity contribution in [2.75, 3.05) is 6.54 Å². The van der Waals surface area contributed by atoms with E-state index in [4.69, 9.17) is 0 Å². The molecule has 1 aliphatic heterocycles. The molecule has 2 atom stereocenters. The Bertz CT molecular complexity index is 1100. The zero-order chi connectivity index (χ0) is 19.7. The Hall–Kier alpha value is -2.62. The van der Waals surface area contributed by atoms with Gasteiger partial charge in [0.2, 0.25) is 0 Å². The van der Waals surface area contributed by atoms with Crippen molar-refractivity contribution in [3.05, 3.63) is 65.0 Å². The summed E-state index contributed by atoms with van der Waals surface area (Å²) in [6, 6.07) is 12.7. The minimum absolute atomic E-state index is 0.0137. The monoisotopic (exact) mass is 373 g/mol. The normalized spacial score (nSPS) is 25.6. The van der Waals surface area contributed by atoms with E-state index >= 15 is 0 Å². The summed E-state index contributed by atoms with van der Waals surface area (Å²) in [7, 11) is 0. The third-order valence-corrected chi connectivity index (χ3v) is 7.81. The molecule has 2 heterocycles. The molecular formula is C24H27N3O. The lowest BCUT2D eigenvalue weighted by atomic mass is 9.50. The molecule has 1 fully saturated rings. The Morgan fingerprint density at radius 1 is 1.21 bits per heavy atom. The molecule has 4 heteroatoms. The highest BCUT2D eigenvalue weighted by molar-refractivity contribution is 5.97. The van der Waals surface area contributed by atoms with Crippen LogP contribution in [-0.4, -0.2) is 33.4 Å². The zero-order valence-corrected chi connectivity index (χ0v) is 17.0. The number of hydrogen-bond acceptors (Lipinski definition) is 2. The standard InChI is InChI=1S/C24H27N3O/c1-15-6-5-7-18-17(15)13-21-23(2,3)24(18,4)10-11-27(21)22(28)16-8-9-19-20(12-16)26-14-25-19/h5-9,12,14,21H,10-11,13H2,1-4H3,(H,25,26)/t21-,24+/m1/s1. The number of nitrogens with zero attached hydrogens (tertiary/aromatic N) is 2. The van der Waals surface area contributed by atoms with Gasteiger partial charge in [0, 0.05) is 23.6 Å². The van der Waals surface area contributed by atoms with Crippen LogP contribution in [0.2, 0.25) is 0 Å². The number of piperidine rings is 1. The number of carbonyl (C=O) groups is 1. The Kier molecular flexibility index (Phi) is 3.55. The summed E-state index contributed by atoms with van der Waals surface area (Å²) in [5, 5.41) is 0. The summed E-state index contributed by atoms with van der Waals surface area (Å²) in [6.07, 6.45) is 3.60. The summed E-state index contributed by atoms with van der Waals surface area (Å²) in [6.45, 7) is 10.1. The molecule has 1 N–H and O–H groups in total. The molecular weight excluding hydrogens is 346 g/mol. The van der Waals surface area contributed by atoms with Crippen LogP contribution in [0.25, 0.3) is 11.0 Å². The Morgan fingerprint density at radius 2 is 2.04 bits per heavy atom. The number of rotatable bonds is 1. The smallest absolute Gasteiger partial charge is 0.254 e. The average molecular weight is 374 g/mol. The predicted molar refractivity (Wildman–Crippen MR) is 112 cm³/mol. The van der Waals surface area contributed by atoms with Gasteiger partial charge in [0.25, 0.3) is 5.91 Å². The lowest BCUT2D eigenvalue weighted by molar-refractivity contribution is -0.0263. The van der Waals surface area contributed by atoms with Crippen molar-refractivity contribution in [3.8, 4) is 0 Å². The number of aromatic amines is 1. The first kappa shape index (κ1) is 17.5. The molecule has 4 nitrogen and oxygen atoms in total. The molecule has 1 aromatic heterocycles. The number of carbonyl (C=O) groups excluding carboxylic acids is 1. The quantitative estimate of drug-likeness (QED) is 0.676. The van der Waals surface area contributed by atoms with Gasteiger partial charge in [-0.05, 0) is 60.1 Å². The van der Waals surface area contributed by atoms with E-state index in [1.54, 1.807) is 6.33 Å². The minimum Gasteiger partial charge on any atom is -0.345 e. The van der Waals surface area contributed by atoms with Crippen LogP contribution in [-0.2, 0) is 11.8 Å². The molecule has 28 heavy (non-hydrogen) atoms. The highest BCUT2D eigenvalue weighted by atomic mass is 16.2. The van der Waals surface area contributed by atoms with E-state index in [2.05, 4.69) is 60.8 Å². The number of imidazole rings is 1. The van der Waals surface area contributed by atoms with Crippen molar-refractivity contribution in [2.45, 2.75) is 52.0 Å². The molecule has 1 aliphatic carbocycles. The molecule has 144 valence electrons. The van der Waals surface area contributed by atoms with Crippen LogP contribution >= 0.6 is 0 Å². The first-order valence-electron chi connectivity index (χ1n) is 10.2. The van der Waals surface area contributed by atoms with Gasteiger partial charge in [0.15, 0.2) is 0 Å². The topological polar surface area (TPSA) is 49.0 Å². The summed E-state index contributed by atoms with van der Waals surface area (Å²) in [5.41, 5.74) is 6.92. The number of aryl methyl sites for hydroxylation is 1. The second-order valence-electron chi connectivity index (χ2n) is 9.26. The lowest BCUT2D eigenvalue weighted by Crippen LogP contribution is -2.65. The minimum atomic E-state index is 0.0137. The molecule has 2 bridgehead atoms. The first-order valence-corrected chi connectivity index (χ1v) is 10.2. The molecule has 1 saturated heterocycles. The fraction of sp³-hybridized carbons (Fsp3) is 0.417. The van der Waals surface area contributed by atoms with Crippen LogP contribution in [0.4, 0.5) is 0 Å². The van der Waals surface area contributed by atoms with Crippen LogP contribution in [0.5, 0.6) is 0 Å². The van der Waals surface area contributed by atoms with E-state index in [0.29, 0.717) is 0 Å². The fourth-order valence-electron chi connectivity index (χ4n) is 5.59. The predicted octanol–water partition coefficient (Wildman–Crippen LogP) is 4.63. The third kappa shape index (κ3) is 2.17. The summed E-state index contributed by atoms with van der Waals surface area (Å²) in [4.78, 5) is 23.1. The molecule has 5 rings (SSSR count). The number of amides is 1. The zero-order valence-electron chi connectivity index (χ0n) is 17.0. The number of hydrogen-bond donors (Lipinski definition) is 1. The Morgan fingerprint density at radius 3 is 2.86 bits per heavy atom. The largest absolute Gasteiger partial charge is 0.345 e. The molecule has 3 aromatic rings. The van der Waals surface area contributed by atoms with Gasteiger partial charge in [-0.25, -0.2) is 4.98 Å². The van der Waals surface area contributed by atoms with Gasteiger partial charge in [0.1, 0.15) is 0 Å². The van der Waals surface area contributed by atoms with E-state index in [-0.39, 0.29) is 22.8 Å². The molecule has 0 saturated carbocycles. The van der Waals surface area contributed by atoms with Crippen LogP contribution in [0.1, 0.15) is 54.2 Å². The molecule has 2 aromatic carbocycles. The van der Waals surface area contributed by atoms with E-state index in [1.807, 2.05) is 18.2 Å². The van der Waals surface area contributed by atoms with Crippen molar-refractivity contribution in [3.63, 3.8) is 0 Å². The molecule has 2 aliphatic rings. The molecule has 1 amide bonds. The Balaban J connectivity index is 1.58. The lowest BCUT2D eigenvalue weighted by Gasteiger charge is -2.61. The van der Waals surface area contributed by atoms with E-state index < -0.39 is 0 Å². The van der Waals surface area contributed by atoms with Gasteiger partial charge in [0.05, 0.1) is 17.4 Å². The third-order valence-electron chi connectivity index (χ3n) is 7.81. The number of benzene rings is 2. The fourth-order valence-corrected chi connectivity index (χ4v) is 5.59. The van der Waals surface area contributed by atoms with Gasteiger partial charge in [-0.2, -0.15) is 0 Å². The summed E-state index contributed by atoms with van der Waals surface area (Å²) >= 11 is 0. The molecule has 0 spiro atoms. The van der Waals surface area contributed by atoms with Gasteiger partial charge in [-0.1, -0.05) is 39.0 Å². The van der Waals surface area contributed by atoms with Crippen LogP contribution < -0.4 is 0 Å². The highest BCUT2D eigenvalue weighted by Gasteiger charge is 2.56. The van der Waals surface area contributed by atoms with Gasteiger partial charge < -0.3 is 9.88 Å². The second kappa shape index (κ2) is 5.69. The maximum absolute atomic E-state index is 13.5. The van der Waals surface area contributed by atoms with E-state index in [0.717, 1.165) is 36.0 Å². The molecule has 0 radical (unpaired) electrons.